The van der Waals surface area contributed by atoms with Crippen molar-refractivity contribution in [2.24, 2.45) is 0 Å². The van der Waals surface area contributed by atoms with E-state index in [1.165, 1.54) is 0 Å². The van der Waals surface area contributed by atoms with Gasteiger partial charge in [0.05, 0.1) is 4.24 Å². The highest BCUT2D eigenvalue weighted by molar-refractivity contribution is 8.21. The summed E-state index contributed by atoms with van der Waals surface area (Å²) in [5.74, 6) is -7.80. The van der Waals surface area contributed by atoms with E-state index in [-0.39, 0.29) is 11.5 Å². The van der Waals surface area contributed by atoms with Gasteiger partial charge in [-0.3, -0.25) is 0 Å². The molecule has 0 nitrogen and oxygen atoms in total. The molecule has 0 radical (unpaired) electrons. The van der Waals surface area contributed by atoms with E-state index in [0.29, 0.717) is 34.7 Å². The molecule has 0 bridgehead atoms. The fourth-order valence-corrected chi connectivity index (χ4v) is 4.04. The molecule has 2 aromatic carbocycles. The van der Waals surface area contributed by atoms with Crippen LogP contribution in [0, 0.1) is 0 Å². The van der Waals surface area contributed by atoms with Gasteiger partial charge in [-0.1, -0.05) is 60.7 Å². The molecule has 0 amide bonds. The normalized spacial score (nSPS) is 12.1. The maximum atomic E-state index is 14.1. The second-order valence-electron chi connectivity index (χ2n) is 5.22. The van der Waals surface area contributed by atoms with Crippen LogP contribution in [0.4, 0.5) is 26.3 Å². The lowest BCUT2D eigenvalue weighted by Gasteiger charge is -2.20. The molecule has 0 unspecified atom stereocenters. The average molecular weight is 408 g/mol. The zero-order valence-corrected chi connectivity index (χ0v) is 14.9. The predicted molar refractivity (Wildman–Crippen MR) is 94.6 cm³/mol. The van der Waals surface area contributed by atoms with E-state index in [2.05, 4.69) is 0 Å². The van der Waals surface area contributed by atoms with Crippen LogP contribution in [0.25, 0.3) is 0 Å². The molecule has 2 rings (SSSR count). The minimum absolute atomic E-state index is 0.0827. The Bertz CT molecular complexity index is 681. The highest BCUT2D eigenvalue weighted by Gasteiger charge is 2.62. The van der Waals surface area contributed by atoms with E-state index in [1.807, 2.05) is 0 Å². The van der Waals surface area contributed by atoms with Gasteiger partial charge in [0, 0.05) is 11.5 Å². The smallest absolute Gasteiger partial charge is 0.203 e. The van der Waals surface area contributed by atoms with E-state index < -0.39 is 22.2 Å². The quantitative estimate of drug-likeness (QED) is 0.445. The predicted octanol–water partition coefficient (Wildman–Crippen LogP) is 7.19. The number of hydrogen-bond acceptors (Lipinski definition) is 2. The molecule has 0 saturated carbocycles. The molecule has 0 heterocycles. The van der Waals surface area contributed by atoms with Crippen molar-refractivity contribution >= 4 is 23.5 Å². The summed E-state index contributed by atoms with van der Waals surface area (Å²) in [6, 6.07) is 17.1. The minimum Gasteiger partial charge on any atom is -0.203 e. The third-order valence-corrected chi connectivity index (χ3v) is 5.78. The number of alkyl halides is 5. The van der Waals surface area contributed by atoms with Gasteiger partial charge >= 0.3 is 12.1 Å². The highest BCUT2D eigenvalue weighted by atomic mass is 32.2. The summed E-state index contributed by atoms with van der Waals surface area (Å²) in [5, 5.41) is 0. The molecular weight excluding hydrogens is 394 g/mol. The zero-order valence-electron chi connectivity index (χ0n) is 13.3. The van der Waals surface area contributed by atoms with E-state index in [0.717, 1.165) is 0 Å². The van der Waals surface area contributed by atoms with Gasteiger partial charge in [-0.25, -0.2) is 4.39 Å². The van der Waals surface area contributed by atoms with Gasteiger partial charge in [0.1, 0.15) is 0 Å². The highest BCUT2D eigenvalue weighted by Crippen LogP contribution is 2.48. The lowest BCUT2D eigenvalue weighted by atomic mass is 10.2. The number of thioether (sulfide) groups is 2. The molecule has 140 valence electrons. The van der Waals surface area contributed by atoms with Crippen molar-refractivity contribution in [3.05, 3.63) is 81.9 Å². The van der Waals surface area contributed by atoms with Crippen LogP contribution in [0.2, 0.25) is 0 Å². The molecule has 26 heavy (non-hydrogen) atoms. The molecule has 0 aliphatic rings. The number of allylic oxidation sites excluding steroid dienone is 1. The molecular formula is C18H14F6S2. The molecule has 0 saturated heterocycles. The number of rotatable bonds is 7. The van der Waals surface area contributed by atoms with Crippen molar-refractivity contribution in [2.45, 2.75) is 23.6 Å². The average Bonchev–Trinajstić information content (AvgIpc) is 2.62. The summed E-state index contributed by atoms with van der Waals surface area (Å²) in [6.45, 7) is 0. The SMILES string of the molecule is FC(=C(SCc1ccccc1)SCc1ccccc1)C(F)(F)C(F)(F)F. The van der Waals surface area contributed by atoms with Crippen LogP contribution >= 0.6 is 23.5 Å². The summed E-state index contributed by atoms with van der Waals surface area (Å²) in [4.78, 5) is 0. The standard InChI is InChI=1S/C18H14F6S2/c19-15(17(20,21)18(22,23)24)16(25-11-13-7-3-1-4-8-13)26-12-14-9-5-2-6-10-14/h1-10H,11-12H2. The summed E-state index contributed by atoms with van der Waals surface area (Å²) < 4.78 is 77.9. The van der Waals surface area contributed by atoms with Crippen molar-refractivity contribution in [3.63, 3.8) is 0 Å². The van der Waals surface area contributed by atoms with Crippen LogP contribution in [0.3, 0.4) is 0 Å². The Hall–Kier alpha value is -1.54. The first-order valence-corrected chi connectivity index (χ1v) is 9.37. The Morgan fingerprint density at radius 1 is 0.692 bits per heavy atom. The van der Waals surface area contributed by atoms with Crippen molar-refractivity contribution in [1.29, 1.82) is 0 Å². The summed E-state index contributed by atoms with van der Waals surface area (Å²) in [5.41, 5.74) is 1.39. The van der Waals surface area contributed by atoms with E-state index in [9.17, 15) is 26.3 Å². The lowest BCUT2D eigenvalue weighted by molar-refractivity contribution is -0.270. The molecule has 0 fully saturated rings. The number of halogens is 6. The molecule has 0 aromatic heterocycles. The molecule has 0 N–H and O–H groups in total. The van der Waals surface area contributed by atoms with Gasteiger partial charge in [-0.2, -0.15) is 22.0 Å². The van der Waals surface area contributed by atoms with Crippen molar-refractivity contribution < 1.29 is 26.3 Å². The number of hydrogen-bond donors (Lipinski definition) is 0. The second kappa shape index (κ2) is 8.90. The topological polar surface area (TPSA) is 0 Å². The summed E-state index contributed by atoms with van der Waals surface area (Å²) >= 11 is 1.27. The van der Waals surface area contributed by atoms with Crippen LogP contribution in [0.1, 0.15) is 11.1 Å². The largest absolute Gasteiger partial charge is 0.460 e. The minimum atomic E-state index is -5.98. The van der Waals surface area contributed by atoms with Crippen molar-refractivity contribution in [1.82, 2.24) is 0 Å². The maximum absolute atomic E-state index is 14.1. The van der Waals surface area contributed by atoms with Crippen LogP contribution in [0.5, 0.6) is 0 Å². The Kier molecular flexibility index (Phi) is 7.11. The van der Waals surface area contributed by atoms with Crippen LogP contribution in [-0.4, -0.2) is 12.1 Å². The first-order valence-electron chi connectivity index (χ1n) is 7.40. The molecule has 0 aliphatic carbocycles. The Morgan fingerprint density at radius 2 is 1.08 bits per heavy atom. The number of benzene rings is 2. The first-order chi connectivity index (χ1) is 12.2. The monoisotopic (exact) mass is 408 g/mol. The fourth-order valence-electron chi connectivity index (χ4n) is 1.87. The van der Waals surface area contributed by atoms with Gasteiger partial charge in [-0.15, -0.1) is 23.5 Å². The first kappa shape index (κ1) is 20.8. The third kappa shape index (κ3) is 5.48. The maximum Gasteiger partial charge on any atom is 0.460 e. The van der Waals surface area contributed by atoms with Gasteiger partial charge in [0.25, 0.3) is 0 Å². The van der Waals surface area contributed by atoms with E-state index >= 15 is 0 Å². The van der Waals surface area contributed by atoms with Crippen LogP contribution in [-0.2, 0) is 11.5 Å². The Balaban J connectivity index is 2.23. The Morgan fingerprint density at radius 3 is 1.42 bits per heavy atom. The second-order valence-corrected chi connectivity index (χ2v) is 7.45. The molecule has 0 aliphatic heterocycles. The van der Waals surface area contributed by atoms with E-state index in [4.69, 9.17) is 0 Å². The molecule has 2 aromatic rings. The Labute approximate surface area is 155 Å². The molecule has 0 spiro atoms. The fraction of sp³-hybridized carbons (Fsp3) is 0.222. The van der Waals surface area contributed by atoms with E-state index in [1.54, 1.807) is 60.7 Å². The van der Waals surface area contributed by atoms with Gasteiger partial charge in [0.2, 0.25) is 0 Å². The van der Waals surface area contributed by atoms with Crippen LogP contribution < -0.4 is 0 Å². The van der Waals surface area contributed by atoms with Crippen molar-refractivity contribution in [2.75, 3.05) is 0 Å². The summed E-state index contributed by atoms with van der Waals surface area (Å²) in [7, 11) is 0. The van der Waals surface area contributed by atoms with Gasteiger partial charge in [0.15, 0.2) is 5.83 Å². The van der Waals surface area contributed by atoms with Gasteiger partial charge in [-0.05, 0) is 11.1 Å². The lowest BCUT2D eigenvalue weighted by Crippen LogP contribution is -2.37. The summed E-state index contributed by atoms with van der Waals surface area (Å²) in [6.07, 6.45) is -5.98. The van der Waals surface area contributed by atoms with Gasteiger partial charge < -0.3 is 0 Å². The van der Waals surface area contributed by atoms with Crippen molar-refractivity contribution in [3.8, 4) is 0 Å². The molecule has 0 atom stereocenters. The molecule has 8 heteroatoms. The zero-order chi connectivity index (χ0) is 19.2. The van der Waals surface area contributed by atoms with Crippen LogP contribution in [0.15, 0.2) is 70.7 Å². The third-order valence-electron chi connectivity index (χ3n) is 3.24.